The van der Waals surface area contributed by atoms with Crippen molar-refractivity contribution in [3.63, 3.8) is 0 Å². The van der Waals surface area contributed by atoms with E-state index in [0.717, 1.165) is 12.1 Å². The maximum atomic E-state index is 12.8. The van der Waals surface area contributed by atoms with E-state index < -0.39 is 34.4 Å². The first kappa shape index (κ1) is 15.4. The molecule has 0 radical (unpaired) electrons. The Bertz CT molecular complexity index is 474. The van der Waals surface area contributed by atoms with E-state index >= 15 is 0 Å². The molecule has 0 bridgehead atoms. The standard InChI is InChI=1S/C12H14F3NO3/c1-3-11(17)7(2)8-4-5-10(16(18)19)9(6-8)12(13,14)15/h4-7,11,17H,3H2,1-2H3. The van der Waals surface area contributed by atoms with Gasteiger partial charge in [-0.2, -0.15) is 13.2 Å². The molecular formula is C12H14F3NO3. The highest BCUT2D eigenvalue weighted by atomic mass is 19.4. The highest BCUT2D eigenvalue weighted by Crippen LogP contribution is 2.38. The second-order valence-corrected chi connectivity index (χ2v) is 4.30. The van der Waals surface area contributed by atoms with Gasteiger partial charge in [-0.15, -0.1) is 0 Å². The number of alkyl halides is 3. The lowest BCUT2D eigenvalue weighted by atomic mass is 9.92. The summed E-state index contributed by atoms with van der Waals surface area (Å²) in [5.74, 6) is -0.521. The summed E-state index contributed by atoms with van der Waals surface area (Å²) >= 11 is 0. The van der Waals surface area contributed by atoms with Crippen molar-refractivity contribution in [3.8, 4) is 0 Å². The molecule has 0 aliphatic rings. The molecule has 0 saturated carbocycles. The molecule has 4 nitrogen and oxygen atoms in total. The van der Waals surface area contributed by atoms with E-state index in [0.29, 0.717) is 6.42 Å². The number of nitrogens with zero attached hydrogens (tertiary/aromatic N) is 1. The highest BCUT2D eigenvalue weighted by molar-refractivity contribution is 5.45. The number of nitro benzene ring substituents is 1. The Balaban J connectivity index is 3.30. The molecule has 106 valence electrons. The second-order valence-electron chi connectivity index (χ2n) is 4.30. The third-order valence-corrected chi connectivity index (χ3v) is 3.04. The predicted molar refractivity (Wildman–Crippen MR) is 62.8 cm³/mol. The van der Waals surface area contributed by atoms with Gasteiger partial charge < -0.3 is 5.11 Å². The van der Waals surface area contributed by atoms with Crippen molar-refractivity contribution >= 4 is 5.69 Å². The van der Waals surface area contributed by atoms with Crippen LogP contribution in [0.15, 0.2) is 18.2 Å². The van der Waals surface area contributed by atoms with Gasteiger partial charge in [-0.05, 0) is 18.1 Å². The van der Waals surface area contributed by atoms with Crippen LogP contribution in [0.25, 0.3) is 0 Å². The number of hydrogen-bond acceptors (Lipinski definition) is 3. The van der Waals surface area contributed by atoms with Gasteiger partial charge in [-0.3, -0.25) is 10.1 Å². The van der Waals surface area contributed by atoms with E-state index in [-0.39, 0.29) is 5.56 Å². The number of benzene rings is 1. The molecule has 0 aliphatic carbocycles. The van der Waals surface area contributed by atoms with Gasteiger partial charge in [-0.1, -0.05) is 19.9 Å². The van der Waals surface area contributed by atoms with Gasteiger partial charge in [0.1, 0.15) is 5.56 Å². The topological polar surface area (TPSA) is 63.4 Å². The highest BCUT2D eigenvalue weighted by Gasteiger charge is 2.38. The van der Waals surface area contributed by atoms with Crippen LogP contribution in [-0.4, -0.2) is 16.1 Å². The van der Waals surface area contributed by atoms with Crippen LogP contribution >= 0.6 is 0 Å². The number of halogens is 3. The Kier molecular flexibility index (Phi) is 4.52. The van der Waals surface area contributed by atoms with Crippen LogP contribution in [-0.2, 0) is 6.18 Å². The van der Waals surface area contributed by atoms with Crippen molar-refractivity contribution in [2.45, 2.75) is 38.5 Å². The van der Waals surface area contributed by atoms with E-state index in [1.165, 1.54) is 6.07 Å². The fourth-order valence-electron chi connectivity index (χ4n) is 1.80. The van der Waals surface area contributed by atoms with Gasteiger partial charge in [0.2, 0.25) is 0 Å². The summed E-state index contributed by atoms with van der Waals surface area (Å²) in [6.07, 6.45) is -5.20. The molecule has 1 aromatic rings. The van der Waals surface area contributed by atoms with Crippen LogP contribution in [0.2, 0.25) is 0 Å². The van der Waals surface area contributed by atoms with E-state index in [4.69, 9.17) is 0 Å². The monoisotopic (exact) mass is 277 g/mol. The van der Waals surface area contributed by atoms with E-state index in [1.807, 2.05) is 0 Å². The van der Waals surface area contributed by atoms with Crippen molar-refractivity contribution in [1.82, 2.24) is 0 Å². The molecule has 1 rings (SSSR count). The molecule has 19 heavy (non-hydrogen) atoms. The maximum absolute atomic E-state index is 12.8. The third kappa shape index (κ3) is 3.44. The zero-order chi connectivity index (χ0) is 14.8. The predicted octanol–water partition coefficient (Wildman–Crippen LogP) is 3.49. The van der Waals surface area contributed by atoms with Crippen LogP contribution in [0.4, 0.5) is 18.9 Å². The van der Waals surface area contributed by atoms with Crippen molar-refractivity contribution in [1.29, 1.82) is 0 Å². The Labute approximate surface area is 108 Å². The average molecular weight is 277 g/mol. The molecule has 0 heterocycles. The van der Waals surface area contributed by atoms with Gasteiger partial charge in [0.25, 0.3) is 5.69 Å². The van der Waals surface area contributed by atoms with Crippen molar-refractivity contribution in [2.75, 3.05) is 0 Å². The Morgan fingerprint density at radius 1 is 1.42 bits per heavy atom. The zero-order valence-corrected chi connectivity index (χ0v) is 10.4. The van der Waals surface area contributed by atoms with E-state index in [9.17, 15) is 28.4 Å². The normalized spacial score (nSPS) is 15.1. The summed E-state index contributed by atoms with van der Waals surface area (Å²) in [7, 11) is 0. The third-order valence-electron chi connectivity index (χ3n) is 3.04. The molecule has 0 fully saturated rings. The van der Waals surface area contributed by atoms with E-state index in [1.54, 1.807) is 13.8 Å². The molecule has 2 unspecified atom stereocenters. The summed E-state index contributed by atoms with van der Waals surface area (Å²) in [5.41, 5.74) is -2.04. The minimum Gasteiger partial charge on any atom is -0.393 e. The molecule has 0 aromatic heterocycles. The van der Waals surface area contributed by atoms with Crippen molar-refractivity contribution in [3.05, 3.63) is 39.4 Å². The molecule has 0 saturated heterocycles. The molecule has 1 N–H and O–H groups in total. The lowest BCUT2D eigenvalue weighted by Crippen LogP contribution is -2.16. The van der Waals surface area contributed by atoms with Crippen LogP contribution in [0, 0.1) is 10.1 Å². The van der Waals surface area contributed by atoms with Crippen LogP contribution in [0.5, 0.6) is 0 Å². The number of aliphatic hydroxyl groups is 1. The fraction of sp³-hybridized carbons (Fsp3) is 0.500. The van der Waals surface area contributed by atoms with Gasteiger partial charge >= 0.3 is 6.18 Å². The van der Waals surface area contributed by atoms with Crippen LogP contribution in [0.1, 0.15) is 37.3 Å². The summed E-state index contributed by atoms with van der Waals surface area (Å²) in [6.45, 7) is 3.28. The van der Waals surface area contributed by atoms with Gasteiger partial charge in [-0.25, -0.2) is 0 Å². The second kappa shape index (κ2) is 5.56. The van der Waals surface area contributed by atoms with Crippen molar-refractivity contribution in [2.24, 2.45) is 0 Å². The summed E-state index contributed by atoms with van der Waals surface area (Å²) in [6, 6.07) is 2.82. The quantitative estimate of drug-likeness (QED) is 0.676. The molecule has 0 spiro atoms. The minimum absolute atomic E-state index is 0.229. The Morgan fingerprint density at radius 3 is 2.42 bits per heavy atom. The largest absolute Gasteiger partial charge is 0.423 e. The first-order chi connectivity index (χ1) is 8.68. The zero-order valence-electron chi connectivity index (χ0n) is 10.4. The smallest absolute Gasteiger partial charge is 0.393 e. The first-order valence-corrected chi connectivity index (χ1v) is 5.72. The lowest BCUT2D eigenvalue weighted by Gasteiger charge is -2.19. The fourth-order valence-corrected chi connectivity index (χ4v) is 1.80. The Hall–Kier alpha value is -1.63. The summed E-state index contributed by atoms with van der Waals surface area (Å²) in [4.78, 5) is 9.53. The maximum Gasteiger partial charge on any atom is 0.423 e. The molecule has 2 atom stereocenters. The van der Waals surface area contributed by atoms with Gasteiger partial charge in [0.15, 0.2) is 0 Å². The van der Waals surface area contributed by atoms with E-state index in [2.05, 4.69) is 0 Å². The first-order valence-electron chi connectivity index (χ1n) is 5.72. The molecule has 0 amide bonds. The molecule has 7 heteroatoms. The number of rotatable bonds is 4. The SMILES string of the molecule is CCC(O)C(C)c1ccc([N+](=O)[O-])c(C(F)(F)F)c1. The molecule has 1 aromatic carbocycles. The number of hydrogen-bond donors (Lipinski definition) is 1. The molecular weight excluding hydrogens is 263 g/mol. The van der Waals surface area contributed by atoms with Crippen LogP contribution < -0.4 is 0 Å². The van der Waals surface area contributed by atoms with Gasteiger partial charge in [0, 0.05) is 12.0 Å². The average Bonchev–Trinajstić information content (AvgIpc) is 2.35. The number of nitro groups is 1. The lowest BCUT2D eigenvalue weighted by molar-refractivity contribution is -0.388. The van der Waals surface area contributed by atoms with Crippen molar-refractivity contribution < 1.29 is 23.2 Å². The number of aliphatic hydroxyl groups excluding tert-OH is 1. The molecule has 0 aliphatic heterocycles. The summed E-state index contributed by atoms with van der Waals surface area (Å²) < 4.78 is 38.3. The minimum atomic E-state index is -4.80. The summed E-state index contributed by atoms with van der Waals surface area (Å²) in [5, 5.41) is 20.2. The van der Waals surface area contributed by atoms with Crippen LogP contribution in [0.3, 0.4) is 0 Å². The Morgan fingerprint density at radius 2 is 2.00 bits per heavy atom. The van der Waals surface area contributed by atoms with Gasteiger partial charge in [0.05, 0.1) is 11.0 Å².